The lowest BCUT2D eigenvalue weighted by molar-refractivity contribution is -0.115. The van der Waals surface area contributed by atoms with Crippen LogP contribution in [0.15, 0.2) is 47.8 Å². The van der Waals surface area contributed by atoms with Crippen LogP contribution in [-0.4, -0.2) is 43.0 Å². The van der Waals surface area contributed by atoms with Gasteiger partial charge in [0.2, 0.25) is 5.91 Å². The Kier molecular flexibility index (Phi) is 6.24. The van der Waals surface area contributed by atoms with Crippen molar-refractivity contribution in [3.05, 3.63) is 64.5 Å². The van der Waals surface area contributed by atoms with Crippen LogP contribution in [0.25, 0.3) is 11.3 Å². The number of ether oxygens (including phenoxy) is 1. The van der Waals surface area contributed by atoms with Gasteiger partial charge in [0.15, 0.2) is 5.13 Å². The van der Waals surface area contributed by atoms with Crippen molar-refractivity contribution in [2.24, 2.45) is 0 Å². The highest BCUT2D eigenvalue weighted by atomic mass is 32.1. The number of amides is 2. The summed E-state index contributed by atoms with van der Waals surface area (Å²) in [5, 5.41) is 17.4. The molecule has 2 aromatic carbocycles. The fourth-order valence-corrected chi connectivity index (χ4v) is 4.95. The van der Waals surface area contributed by atoms with Gasteiger partial charge in [0.25, 0.3) is 5.91 Å². The minimum Gasteiger partial charge on any atom is -0.375 e. The normalized spacial score (nSPS) is 18.7. The monoisotopic (exact) mass is 487 g/mol. The zero-order valence-corrected chi connectivity index (χ0v) is 20.2. The Balaban J connectivity index is 1.19. The van der Waals surface area contributed by atoms with Crippen LogP contribution in [0.2, 0.25) is 0 Å². The minimum absolute atomic E-state index is 0.187. The molecule has 8 nitrogen and oxygen atoms in total. The Bertz CT molecular complexity index is 1330. The number of thiazole rings is 1. The molecule has 3 heterocycles. The fourth-order valence-electron chi connectivity index (χ4n) is 4.22. The van der Waals surface area contributed by atoms with Crippen LogP contribution in [-0.2, 0) is 21.6 Å². The van der Waals surface area contributed by atoms with E-state index in [1.165, 1.54) is 23.4 Å². The molecular weight excluding hydrogens is 462 g/mol. The van der Waals surface area contributed by atoms with Crippen molar-refractivity contribution in [1.82, 2.24) is 10.3 Å². The summed E-state index contributed by atoms with van der Waals surface area (Å²) in [4.78, 5) is 32.0. The molecule has 1 atom stereocenters. The summed E-state index contributed by atoms with van der Waals surface area (Å²) in [7, 11) is 0. The molecule has 2 N–H and O–H groups in total. The highest BCUT2D eigenvalue weighted by Crippen LogP contribution is 2.33. The molecule has 1 aromatic heterocycles. The number of nitrogens with zero attached hydrogens (tertiary/aromatic N) is 3. The maximum absolute atomic E-state index is 12.7. The van der Waals surface area contributed by atoms with Crippen LogP contribution < -0.4 is 15.5 Å². The van der Waals surface area contributed by atoms with Gasteiger partial charge in [-0.2, -0.15) is 5.26 Å². The Hall–Kier alpha value is -3.74. The summed E-state index contributed by atoms with van der Waals surface area (Å²) in [5.41, 5.74) is 4.26. The molecule has 178 valence electrons. The Morgan fingerprint density at radius 3 is 2.89 bits per heavy atom. The Labute approximate surface area is 207 Å². The average molecular weight is 488 g/mol. The first-order valence-corrected chi connectivity index (χ1v) is 12.3. The predicted molar refractivity (Wildman–Crippen MR) is 134 cm³/mol. The average Bonchev–Trinajstić information content (AvgIpc) is 3.30. The summed E-state index contributed by atoms with van der Waals surface area (Å²) in [6, 6.07) is 15.7. The number of benzene rings is 2. The lowest BCUT2D eigenvalue weighted by Crippen LogP contribution is -2.36. The molecular formula is C26H25N5O3S. The van der Waals surface area contributed by atoms with E-state index in [9.17, 15) is 14.9 Å². The van der Waals surface area contributed by atoms with E-state index in [-0.39, 0.29) is 25.0 Å². The lowest BCUT2D eigenvalue weighted by atomic mass is 9.79. The SMILES string of the molecule is C[C@@]1(C#N)COCc2ccc(C(=O)NCC(=O)Nc3nc(-c4cccc(N5CCC5)c4)cs3)cc21. The number of carbonyl (C=O) groups is 2. The molecule has 35 heavy (non-hydrogen) atoms. The van der Waals surface area contributed by atoms with Crippen LogP contribution in [0.5, 0.6) is 0 Å². The fraction of sp³-hybridized carbons (Fsp3) is 0.308. The predicted octanol–water partition coefficient (Wildman–Crippen LogP) is 3.70. The summed E-state index contributed by atoms with van der Waals surface area (Å²) in [6.45, 7) is 4.45. The molecule has 0 saturated carbocycles. The van der Waals surface area contributed by atoms with Crippen molar-refractivity contribution in [2.45, 2.75) is 25.4 Å². The molecule has 0 unspecified atom stereocenters. The van der Waals surface area contributed by atoms with Crippen molar-refractivity contribution in [3.8, 4) is 17.3 Å². The summed E-state index contributed by atoms with van der Waals surface area (Å²) in [6.07, 6.45) is 1.22. The van der Waals surface area contributed by atoms with E-state index in [1.807, 2.05) is 17.5 Å². The second kappa shape index (κ2) is 9.49. The molecule has 5 rings (SSSR count). The van der Waals surface area contributed by atoms with Crippen molar-refractivity contribution in [1.29, 1.82) is 5.26 Å². The molecule has 3 aromatic rings. The van der Waals surface area contributed by atoms with Gasteiger partial charge < -0.3 is 20.3 Å². The third-order valence-electron chi connectivity index (χ3n) is 6.38. The third-order valence-corrected chi connectivity index (χ3v) is 7.14. The van der Waals surface area contributed by atoms with Crippen LogP contribution in [0, 0.1) is 11.3 Å². The number of aromatic nitrogens is 1. The van der Waals surface area contributed by atoms with Gasteiger partial charge in [0.05, 0.1) is 31.5 Å². The number of nitrogens with one attached hydrogen (secondary N) is 2. The van der Waals surface area contributed by atoms with E-state index in [4.69, 9.17) is 4.74 Å². The molecule has 0 bridgehead atoms. The highest BCUT2D eigenvalue weighted by Gasteiger charge is 2.33. The zero-order chi connectivity index (χ0) is 24.4. The summed E-state index contributed by atoms with van der Waals surface area (Å²) < 4.78 is 5.51. The molecule has 0 radical (unpaired) electrons. The number of hydrogen-bond acceptors (Lipinski definition) is 7. The van der Waals surface area contributed by atoms with Gasteiger partial charge >= 0.3 is 0 Å². The highest BCUT2D eigenvalue weighted by molar-refractivity contribution is 7.14. The number of hydrogen-bond donors (Lipinski definition) is 2. The van der Waals surface area contributed by atoms with Gasteiger partial charge in [-0.05, 0) is 48.7 Å². The minimum atomic E-state index is -0.807. The first-order chi connectivity index (χ1) is 16.9. The van der Waals surface area contributed by atoms with E-state index in [2.05, 4.69) is 38.7 Å². The Morgan fingerprint density at radius 1 is 1.26 bits per heavy atom. The van der Waals surface area contributed by atoms with E-state index in [0.29, 0.717) is 17.3 Å². The molecule has 1 saturated heterocycles. The van der Waals surface area contributed by atoms with Gasteiger partial charge in [-0.3, -0.25) is 9.59 Å². The maximum atomic E-state index is 12.7. The molecule has 0 aliphatic carbocycles. The van der Waals surface area contributed by atoms with Crippen molar-refractivity contribution >= 4 is 34.0 Å². The number of fused-ring (bicyclic) bond motifs is 1. The van der Waals surface area contributed by atoms with Crippen molar-refractivity contribution < 1.29 is 14.3 Å². The van der Waals surface area contributed by atoms with Gasteiger partial charge in [-0.15, -0.1) is 11.3 Å². The van der Waals surface area contributed by atoms with Gasteiger partial charge in [0.1, 0.15) is 5.41 Å². The van der Waals surface area contributed by atoms with Crippen LogP contribution in [0.3, 0.4) is 0 Å². The number of rotatable bonds is 6. The Morgan fingerprint density at radius 2 is 2.11 bits per heavy atom. The number of carbonyl (C=O) groups excluding carboxylic acids is 2. The first-order valence-electron chi connectivity index (χ1n) is 11.5. The topological polar surface area (TPSA) is 107 Å². The quantitative estimate of drug-likeness (QED) is 0.549. The molecule has 2 amide bonds. The standard InChI is InChI=1S/C26H25N5O3S/c1-26(15-27)16-34-13-19-7-6-18(11-21(19)26)24(33)28-12-23(32)30-25-29-22(14-35-25)17-4-2-5-20(10-17)31-8-3-9-31/h2,4-7,10-11,14H,3,8-9,12-13,16H2,1H3,(H,28,33)(H,29,30,32)/t26-/m1/s1. The first kappa shape index (κ1) is 23.0. The van der Waals surface area contributed by atoms with Gasteiger partial charge in [-0.25, -0.2) is 4.98 Å². The van der Waals surface area contributed by atoms with Gasteiger partial charge in [-0.1, -0.05) is 18.2 Å². The zero-order valence-electron chi connectivity index (χ0n) is 19.3. The smallest absolute Gasteiger partial charge is 0.251 e. The molecule has 9 heteroatoms. The van der Waals surface area contributed by atoms with Crippen molar-refractivity contribution in [3.63, 3.8) is 0 Å². The second-order valence-corrected chi connectivity index (χ2v) is 9.83. The van der Waals surface area contributed by atoms with Crippen LogP contribution in [0.1, 0.15) is 34.8 Å². The van der Waals surface area contributed by atoms with E-state index in [0.717, 1.165) is 35.5 Å². The van der Waals surface area contributed by atoms with E-state index in [1.54, 1.807) is 25.1 Å². The summed E-state index contributed by atoms with van der Waals surface area (Å²) in [5.74, 6) is -0.737. The third kappa shape index (κ3) is 4.76. The van der Waals surface area contributed by atoms with E-state index >= 15 is 0 Å². The van der Waals surface area contributed by atoms with E-state index < -0.39 is 5.41 Å². The molecule has 2 aliphatic rings. The molecule has 2 aliphatic heterocycles. The molecule has 0 spiro atoms. The summed E-state index contributed by atoms with van der Waals surface area (Å²) >= 11 is 1.34. The van der Waals surface area contributed by atoms with Crippen LogP contribution in [0.4, 0.5) is 10.8 Å². The largest absolute Gasteiger partial charge is 0.375 e. The van der Waals surface area contributed by atoms with Crippen LogP contribution >= 0.6 is 11.3 Å². The number of nitriles is 1. The van der Waals surface area contributed by atoms with Gasteiger partial charge in [0, 0.05) is 35.3 Å². The van der Waals surface area contributed by atoms with Crippen molar-refractivity contribution in [2.75, 3.05) is 36.5 Å². The maximum Gasteiger partial charge on any atom is 0.251 e. The lowest BCUT2D eigenvalue weighted by Gasteiger charge is -2.33. The molecule has 1 fully saturated rings. The second-order valence-electron chi connectivity index (χ2n) is 8.97. The number of anilines is 2.